The Kier molecular flexibility index (Phi) is 5.76. The highest BCUT2D eigenvalue weighted by Crippen LogP contribution is 2.27. The molecule has 1 unspecified atom stereocenters. The molecule has 0 bridgehead atoms. The van der Waals surface area contributed by atoms with E-state index in [0.717, 1.165) is 31.6 Å². The lowest BCUT2D eigenvalue weighted by molar-refractivity contribution is -0.152. The van der Waals surface area contributed by atoms with Crippen molar-refractivity contribution in [2.75, 3.05) is 33.3 Å². The third-order valence-electron chi connectivity index (χ3n) is 4.32. The summed E-state index contributed by atoms with van der Waals surface area (Å²) < 4.78 is 5.35. The van der Waals surface area contributed by atoms with E-state index in [1.165, 1.54) is 12.8 Å². The van der Waals surface area contributed by atoms with Crippen molar-refractivity contribution in [1.82, 2.24) is 10.2 Å². The molecule has 4 nitrogen and oxygen atoms in total. The highest BCUT2D eigenvalue weighted by molar-refractivity contribution is 5.82. The summed E-state index contributed by atoms with van der Waals surface area (Å²) in [7, 11) is 1.84. The monoisotopic (exact) mass is 290 g/mol. The second kappa shape index (κ2) is 7.57. The highest BCUT2D eigenvalue weighted by atomic mass is 16.5. The SMILES string of the molecule is CCOC(=O)C(CCN1CCCC1)(NC)c1ccccc1. The van der Waals surface area contributed by atoms with Crippen LogP contribution in [0, 0.1) is 0 Å². The Morgan fingerprint density at radius 3 is 2.52 bits per heavy atom. The fourth-order valence-electron chi connectivity index (χ4n) is 3.04. The molecular weight excluding hydrogens is 264 g/mol. The van der Waals surface area contributed by atoms with Crippen LogP contribution in [0.2, 0.25) is 0 Å². The number of hydrogen-bond donors (Lipinski definition) is 1. The molecule has 1 aliphatic heterocycles. The molecule has 116 valence electrons. The number of nitrogens with one attached hydrogen (secondary N) is 1. The maximum Gasteiger partial charge on any atom is 0.331 e. The minimum Gasteiger partial charge on any atom is -0.464 e. The summed E-state index contributed by atoms with van der Waals surface area (Å²) in [4.78, 5) is 15.0. The van der Waals surface area contributed by atoms with Gasteiger partial charge in [0, 0.05) is 6.54 Å². The van der Waals surface area contributed by atoms with Gasteiger partial charge in [0.2, 0.25) is 0 Å². The van der Waals surface area contributed by atoms with Crippen molar-refractivity contribution < 1.29 is 9.53 Å². The second-order valence-electron chi connectivity index (χ2n) is 5.54. The van der Waals surface area contributed by atoms with Crippen LogP contribution in [0.1, 0.15) is 31.7 Å². The number of carbonyl (C=O) groups is 1. The van der Waals surface area contributed by atoms with E-state index in [1.807, 2.05) is 44.3 Å². The number of ether oxygens (including phenoxy) is 1. The van der Waals surface area contributed by atoms with Crippen molar-refractivity contribution in [3.8, 4) is 0 Å². The maximum absolute atomic E-state index is 12.6. The van der Waals surface area contributed by atoms with E-state index in [0.29, 0.717) is 6.61 Å². The molecule has 1 atom stereocenters. The van der Waals surface area contributed by atoms with Crippen molar-refractivity contribution in [3.05, 3.63) is 35.9 Å². The second-order valence-corrected chi connectivity index (χ2v) is 5.54. The standard InChI is InChI=1S/C17H26N2O2/c1-3-21-16(20)17(18-2,15-9-5-4-6-10-15)11-14-19-12-7-8-13-19/h4-6,9-10,18H,3,7-8,11-14H2,1-2H3. The maximum atomic E-state index is 12.6. The molecule has 0 aromatic heterocycles. The Bertz CT molecular complexity index is 443. The topological polar surface area (TPSA) is 41.6 Å². The molecule has 0 spiro atoms. The van der Waals surface area contributed by atoms with Gasteiger partial charge in [0.05, 0.1) is 6.61 Å². The number of hydrogen-bond acceptors (Lipinski definition) is 4. The summed E-state index contributed by atoms with van der Waals surface area (Å²) in [5.74, 6) is -0.183. The Balaban J connectivity index is 2.20. The Morgan fingerprint density at radius 1 is 1.29 bits per heavy atom. The number of carbonyl (C=O) groups excluding carboxylic acids is 1. The van der Waals surface area contributed by atoms with Gasteiger partial charge >= 0.3 is 5.97 Å². The molecule has 0 radical (unpaired) electrons. The fraction of sp³-hybridized carbons (Fsp3) is 0.588. The van der Waals surface area contributed by atoms with Crippen LogP contribution in [0.15, 0.2) is 30.3 Å². The van der Waals surface area contributed by atoms with Crippen LogP contribution in [0.3, 0.4) is 0 Å². The average Bonchev–Trinajstić information content (AvgIpc) is 3.03. The Morgan fingerprint density at radius 2 is 1.95 bits per heavy atom. The van der Waals surface area contributed by atoms with Crippen LogP contribution in [0.5, 0.6) is 0 Å². The lowest BCUT2D eigenvalue weighted by atomic mass is 9.86. The Hall–Kier alpha value is -1.39. The first-order valence-corrected chi connectivity index (χ1v) is 7.87. The van der Waals surface area contributed by atoms with Crippen LogP contribution in [0.4, 0.5) is 0 Å². The molecule has 2 rings (SSSR count). The molecule has 4 heteroatoms. The Labute approximate surface area is 127 Å². The zero-order valence-corrected chi connectivity index (χ0v) is 13.1. The van der Waals surface area contributed by atoms with E-state index < -0.39 is 5.54 Å². The van der Waals surface area contributed by atoms with Crippen molar-refractivity contribution in [2.45, 2.75) is 31.7 Å². The predicted octanol–water partition coefficient (Wildman–Crippen LogP) is 2.15. The van der Waals surface area contributed by atoms with Gasteiger partial charge in [-0.1, -0.05) is 30.3 Å². The van der Waals surface area contributed by atoms with Crippen LogP contribution in [0.25, 0.3) is 0 Å². The first-order chi connectivity index (χ1) is 10.2. The lowest BCUT2D eigenvalue weighted by Gasteiger charge is -2.33. The summed E-state index contributed by atoms with van der Waals surface area (Å²) in [5.41, 5.74) is 0.227. The number of likely N-dealkylation sites (tertiary alicyclic amines) is 1. The number of nitrogens with zero attached hydrogens (tertiary/aromatic N) is 1. The number of rotatable bonds is 7. The smallest absolute Gasteiger partial charge is 0.331 e. The van der Waals surface area contributed by atoms with Crippen molar-refractivity contribution in [1.29, 1.82) is 0 Å². The normalized spacial score (nSPS) is 18.4. The molecule has 0 amide bonds. The van der Waals surface area contributed by atoms with E-state index in [2.05, 4.69) is 10.2 Å². The average molecular weight is 290 g/mol. The van der Waals surface area contributed by atoms with Crippen molar-refractivity contribution in [2.24, 2.45) is 0 Å². The first kappa shape index (κ1) is 16.0. The van der Waals surface area contributed by atoms with Gasteiger partial charge in [-0.3, -0.25) is 0 Å². The first-order valence-electron chi connectivity index (χ1n) is 7.87. The summed E-state index contributed by atoms with van der Waals surface area (Å²) >= 11 is 0. The third-order valence-corrected chi connectivity index (χ3v) is 4.32. The third kappa shape index (κ3) is 3.63. The van der Waals surface area contributed by atoms with Crippen LogP contribution >= 0.6 is 0 Å². The summed E-state index contributed by atoms with van der Waals surface area (Å²) in [5, 5.41) is 3.24. The molecular formula is C17H26N2O2. The van der Waals surface area contributed by atoms with Crippen LogP contribution < -0.4 is 5.32 Å². The molecule has 1 aromatic rings. The molecule has 1 N–H and O–H groups in total. The number of esters is 1. The van der Waals surface area contributed by atoms with E-state index in [-0.39, 0.29) is 5.97 Å². The van der Waals surface area contributed by atoms with Gasteiger partial charge in [-0.15, -0.1) is 0 Å². The molecule has 1 fully saturated rings. The fourth-order valence-corrected chi connectivity index (χ4v) is 3.04. The summed E-state index contributed by atoms with van der Waals surface area (Å²) in [6.07, 6.45) is 3.25. The van der Waals surface area contributed by atoms with Gasteiger partial charge in [0.15, 0.2) is 0 Å². The van der Waals surface area contributed by atoms with E-state index in [9.17, 15) is 4.79 Å². The van der Waals surface area contributed by atoms with E-state index >= 15 is 0 Å². The number of likely N-dealkylation sites (N-methyl/N-ethyl adjacent to an activating group) is 1. The van der Waals surface area contributed by atoms with Gasteiger partial charge in [-0.2, -0.15) is 0 Å². The molecule has 1 aliphatic rings. The quantitative estimate of drug-likeness (QED) is 0.781. The zero-order valence-electron chi connectivity index (χ0n) is 13.1. The highest BCUT2D eigenvalue weighted by Gasteiger charge is 2.40. The van der Waals surface area contributed by atoms with Gasteiger partial charge in [0.1, 0.15) is 5.54 Å². The number of benzene rings is 1. The molecule has 0 aliphatic carbocycles. The van der Waals surface area contributed by atoms with Crippen LogP contribution in [-0.4, -0.2) is 44.2 Å². The van der Waals surface area contributed by atoms with E-state index in [4.69, 9.17) is 4.74 Å². The minimum atomic E-state index is -0.750. The molecule has 0 saturated carbocycles. The largest absolute Gasteiger partial charge is 0.464 e. The van der Waals surface area contributed by atoms with Gasteiger partial charge < -0.3 is 15.0 Å². The minimum absolute atomic E-state index is 0.183. The van der Waals surface area contributed by atoms with Crippen molar-refractivity contribution >= 4 is 5.97 Å². The molecule has 1 saturated heterocycles. The zero-order chi connectivity index (χ0) is 15.1. The summed E-state index contributed by atoms with van der Waals surface area (Å²) in [6.45, 7) is 5.44. The van der Waals surface area contributed by atoms with Gasteiger partial charge in [-0.25, -0.2) is 4.79 Å². The van der Waals surface area contributed by atoms with Gasteiger partial charge in [0.25, 0.3) is 0 Å². The van der Waals surface area contributed by atoms with Gasteiger partial charge in [-0.05, 0) is 51.9 Å². The lowest BCUT2D eigenvalue weighted by Crippen LogP contribution is -2.50. The van der Waals surface area contributed by atoms with Crippen molar-refractivity contribution in [3.63, 3.8) is 0 Å². The molecule has 1 heterocycles. The predicted molar refractivity (Wildman–Crippen MR) is 84.1 cm³/mol. The summed E-state index contributed by atoms with van der Waals surface area (Å²) in [6, 6.07) is 9.90. The van der Waals surface area contributed by atoms with Crippen LogP contribution in [-0.2, 0) is 15.1 Å². The molecule has 21 heavy (non-hydrogen) atoms. The molecule has 1 aromatic carbocycles. The van der Waals surface area contributed by atoms with E-state index in [1.54, 1.807) is 0 Å².